The van der Waals surface area contributed by atoms with Crippen LogP contribution in [0.15, 0.2) is 29.2 Å². The second-order valence-corrected chi connectivity index (χ2v) is 8.01. The van der Waals surface area contributed by atoms with Crippen molar-refractivity contribution in [3.63, 3.8) is 0 Å². The first kappa shape index (κ1) is 20.6. The number of carbonyl (C=O) groups is 1. The van der Waals surface area contributed by atoms with Crippen LogP contribution in [0.25, 0.3) is 0 Å². The lowest BCUT2D eigenvalue weighted by Crippen LogP contribution is -2.24. The molecule has 1 aromatic rings. The SMILES string of the molecule is Cc1ccc(S(=O)(=O)OCCCOCCC(=O)OC(C)(C)C)cc1. The zero-order valence-electron chi connectivity index (χ0n) is 14.7. The van der Waals surface area contributed by atoms with Gasteiger partial charge in [-0.1, -0.05) is 17.7 Å². The highest BCUT2D eigenvalue weighted by atomic mass is 32.2. The predicted molar refractivity (Wildman–Crippen MR) is 90.2 cm³/mol. The van der Waals surface area contributed by atoms with Crippen molar-refractivity contribution in [1.29, 1.82) is 0 Å². The van der Waals surface area contributed by atoms with Gasteiger partial charge in [0.05, 0.1) is 24.5 Å². The Kier molecular flexibility index (Phi) is 7.86. The van der Waals surface area contributed by atoms with Gasteiger partial charge in [-0.3, -0.25) is 8.98 Å². The largest absolute Gasteiger partial charge is 0.460 e. The maximum Gasteiger partial charge on any atom is 0.308 e. The molecule has 0 heterocycles. The van der Waals surface area contributed by atoms with Gasteiger partial charge < -0.3 is 9.47 Å². The molecule has 0 radical (unpaired) electrons. The summed E-state index contributed by atoms with van der Waals surface area (Å²) in [5.74, 6) is -0.319. The molecule has 0 aliphatic rings. The molecule has 6 nitrogen and oxygen atoms in total. The van der Waals surface area contributed by atoms with Crippen LogP contribution in [-0.2, 0) is 28.6 Å². The zero-order chi connectivity index (χ0) is 18.2. The standard InChI is InChI=1S/C17H26O6S/c1-14-6-8-15(9-7-14)24(19,20)22-12-5-11-21-13-10-16(18)23-17(2,3)4/h6-9H,5,10-13H2,1-4H3. The van der Waals surface area contributed by atoms with E-state index in [4.69, 9.17) is 13.7 Å². The Labute approximate surface area is 144 Å². The van der Waals surface area contributed by atoms with Crippen molar-refractivity contribution in [3.8, 4) is 0 Å². The van der Waals surface area contributed by atoms with E-state index in [2.05, 4.69) is 0 Å². The molecule has 1 aromatic carbocycles. The Hall–Kier alpha value is -1.44. The Morgan fingerprint density at radius 3 is 2.25 bits per heavy atom. The second kappa shape index (κ2) is 9.15. The van der Waals surface area contributed by atoms with Crippen LogP contribution >= 0.6 is 0 Å². The molecule has 7 heteroatoms. The molecule has 0 fully saturated rings. The van der Waals surface area contributed by atoms with Gasteiger partial charge in [-0.25, -0.2) is 0 Å². The number of rotatable bonds is 9. The molecule has 0 aromatic heterocycles. The third-order valence-electron chi connectivity index (χ3n) is 2.85. The number of benzene rings is 1. The molecule has 136 valence electrons. The van der Waals surface area contributed by atoms with Crippen molar-refractivity contribution in [2.45, 2.75) is 51.0 Å². The van der Waals surface area contributed by atoms with Crippen molar-refractivity contribution < 1.29 is 26.9 Å². The molecule has 0 spiro atoms. The first-order valence-corrected chi connectivity index (χ1v) is 9.27. The lowest BCUT2D eigenvalue weighted by Gasteiger charge is -2.19. The van der Waals surface area contributed by atoms with Crippen LogP contribution in [0, 0.1) is 6.92 Å². The number of aryl methyl sites for hydroxylation is 1. The maximum absolute atomic E-state index is 11.9. The number of carbonyl (C=O) groups excluding carboxylic acids is 1. The summed E-state index contributed by atoms with van der Waals surface area (Å²) in [5.41, 5.74) is 0.474. The molecule has 1 rings (SSSR count). The smallest absolute Gasteiger partial charge is 0.308 e. The summed E-state index contributed by atoms with van der Waals surface area (Å²) in [4.78, 5) is 11.6. The number of hydrogen-bond acceptors (Lipinski definition) is 6. The summed E-state index contributed by atoms with van der Waals surface area (Å²) in [5, 5.41) is 0. The molecule has 0 unspecified atom stereocenters. The fraction of sp³-hybridized carbons (Fsp3) is 0.588. The molecule has 0 saturated heterocycles. The maximum atomic E-state index is 11.9. The number of esters is 1. The molecule has 0 atom stereocenters. The molecule has 0 saturated carbocycles. The molecular weight excluding hydrogens is 332 g/mol. The Balaban J connectivity index is 2.18. The average Bonchev–Trinajstić information content (AvgIpc) is 2.44. The first-order chi connectivity index (χ1) is 11.1. The molecule has 0 aliphatic carbocycles. The van der Waals surface area contributed by atoms with Crippen LogP contribution in [0.5, 0.6) is 0 Å². The first-order valence-electron chi connectivity index (χ1n) is 7.86. The van der Waals surface area contributed by atoms with Crippen LogP contribution in [0.4, 0.5) is 0 Å². The van der Waals surface area contributed by atoms with E-state index < -0.39 is 15.7 Å². The topological polar surface area (TPSA) is 78.9 Å². The van der Waals surface area contributed by atoms with E-state index in [0.29, 0.717) is 13.0 Å². The Bertz CT molecular complexity index is 613. The van der Waals surface area contributed by atoms with Crippen molar-refractivity contribution >= 4 is 16.1 Å². The highest BCUT2D eigenvalue weighted by Crippen LogP contribution is 2.13. The monoisotopic (exact) mass is 358 g/mol. The van der Waals surface area contributed by atoms with Gasteiger partial charge in [0.15, 0.2) is 0 Å². The van der Waals surface area contributed by atoms with E-state index in [1.54, 1.807) is 32.9 Å². The lowest BCUT2D eigenvalue weighted by atomic mass is 10.2. The zero-order valence-corrected chi connectivity index (χ0v) is 15.5. The molecule has 24 heavy (non-hydrogen) atoms. The van der Waals surface area contributed by atoms with Gasteiger partial charge in [0, 0.05) is 6.61 Å². The summed E-state index contributed by atoms with van der Waals surface area (Å²) < 4.78 is 39.2. The quantitative estimate of drug-likeness (QED) is 0.384. The van der Waals surface area contributed by atoms with E-state index in [1.165, 1.54) is 12.1 Å². The van der Waals surface area contributed by atoms with Gasteiger partial charge in [-0.05, 0) is 46.2 Å². The normalized spacial score (nSPS) is 12.2. The van der Waals surface area contributed by atoms with E-state index in [-0.39, 0.29) is 30.5 Å². The van der Waals surface area contributed by atoms with Gasteiger partial charge in [-0.2, -0.15) is 8.42 Å². The molecule has 0 N–H and O–H groups in total. The van der Waals surface area contributed by atoms with E-state index in [0.717, 1.165) is 5.56 Å². The summed E-state index contributed by atoms with van der Waals surface area (Å²) in [6.07, 6.45) is 0.583. The van der Waals surface area contributed by atoms with E-state index in [9.17, 15) is 13.2 Å². The Morgan fingerprint density at radius 1 is 1.04 bits per heavy atom. The van der Waals surface area contributed by atoms with Crippen LogP contribution in [-0.4, -0.2) is 39.8 Å². The van der Waals surface area contributed by atoms with Crippen molar-refractivity contribution in [3.05, 3.63) is 29.8 Å². The Morgan fingerprint density at radius 2 is 1.67 bits per heavy atom. The van der Waals surface area contributed by atoms with Gasteiger partial charge in [0.25, 0.3) is 10.1 Å². The minimum atomic E-state index is -3.73. The summed E-state index contributed by atoms with van der Waals surface area (Å²) in [6, 6.07) is 6.47. The van der Waals surface area contributed by atoms with Gasteiger partial charge in [-0.15, -0.1) is 0 Å². The molecule has 0 aliphatic heterocycles. The summed E-state index contributed by atoms with van der Waals surface area (Å²) in [7, 11) is -3.73. The lowest BCUT2D eigenvalue weighted by molar-refractivity contribution is -0.156. The van der Waals surface area contributed by atoms with E-state index in [1.807, 2.05) is 6.92 Å². The van der Waals surface area contributed by atoms with Crippen LogP contribution < -0.4 is 0 Å². The molecule has 0 amide bonds. The van der Waals surface area contributed by atoms with Crippen molar-refractivity contribution in [1.82, 2.24) is 0 Å². The summed E-state index contributed by atoms with van der Waals surface area (Å²) in [6.45, 7) is 7.87. The van der Waals surface area contributed by atoms with Gasteiger partial charge >= 0.3 is 5.97 Å². The van der Waals surface area contributed by atoms with Crippen molar-refractivity contribution in [2.24, 2.45) is 0 Å². The summed E-state index contributed by atoms with van der Waals surface area (Å²) >= 11 is 0. The highest BCUT2D eigenvalue weighted by molar-refractivity contribution is 7.86. The third kappa shape index (κ3) is 8.42. The highest BCUT2D eigenvalue weighted by Gasteiger charge is 2.16. The average molecular weight is 358 g/mol. The predicted octanol–water partition coefficient (Wildman–Crippen LogP) is 2.84. The van der Waals surface area contributed by atoms with E-state index >= 15 is 0 Å². The van der Waals surface area contributed by atoms with Crippen molar-refractivity contribution in [2.75, 3.05) is 19.8 Å². The minimum Gasteiger partial charge on any atom is -0.460 e. The van der Waals surface area contributed by atoms with Gasteiger partial charge in [0.1, 0.15) is 5.60 Å². The van der Waals surface area contributed by atoms with Gasteiger partial charge in [0.2, 0.25) is 0 Å². The number of ether oxygens (including phenoxy) is 2. The van der Waals surface area contributed by atoms with Crippen LogP contribution in [0.3, 0.4) is 0 Å². The number of hydrogen-bond donors (Lipinski definition) is 0. The van der Waals surface area contributed by atoms with Crippen LogP contribution in [0.1, 0.15) is 39.2 Å². The molecular formula is C17H26O6S. The second-order valence-electron chi connectivity index (χ2n) is 6.39. The van der Waals surface area contributed by atoms with Crippen LogP contribution in [0.2, 0.25) is 0 Å². The third-order valence-corrected chi connectivity index (χ3v) is 4.18. The minimum absolute atomic E-state index is 0.0304. The fourth-order valence-corrected chi connectivity index (χ4v) is 2.70. The fourth-order valence-electron chi connectivity index (χ4n) is 1.75. The molecule has 0 bridgehead atoms.